The average Bonchev–Trinajstić information content (AvgIpc) is 2.60. The van der Waals surface area contributed by atoms with E-state index in [2.05, 4.69) is 4.98 Å². The van der Waals surface area contributed by atoms with Gasteiger partial charge in [-0.1, -0.05) is 0 Å². The van der Waals surface area contributed by atoms with Crippen LogP contribution in [0.5, 0.6) is 0 Å². The van der Waals surface area contributed by atoms with Gasteiger partial charge in [-0.25, -0.2) is 0 Å². The van der Waals surface area contributed by atoms with Crippen LogP contribution in [0.1, 0.15) is 13.8 Å². The molecule has 1 amide bonds. The van der Waals surface area contributed by atoms with Gasteiger partial charge in [-0.05, 0) is 6.92 Å². The van der Waals surface area contributed by atoms with E-state index in [-0.39, 0.29) is 24.9 Å². The van der Waals surface area contributed by atoms with Gasteiger partial charge in [0, 0.05) is 57.0 Å². The summed E-state index contributed by atoms with van der Waals surface area (Å²) in [4.78, 5) is 30.5. The number of aromatic amines is 1. The topological polar surface area (TPSA) is 68.9 Å². The molecular weight excluding hydrogens is 365 g/mol. The SMILES string of the molecule is CC(=O)N1CCN(c2cc(N3CCOC[C@H]3C)cc(=O)[nH]2)C(C(F)(F)F)C1. The summed E-state index contributed by atoms with van der Waals surface area (Å²) in [6.07, 6.45) is -4.53. The second kappa shape index (κ2) is 7.41. The number of carbonyl (C=O) groups is 1. The molecule has 10 heteroatoms. The number of alkyl halides is 3. The summed E-state index contributed by atoms with van der Waals surface area (Å²) < 4.78 is 46.3. The lowest BCUT2D eigenvalue weighted by Gasteiger charge is -2.43. The average molecular weight is 388 g/mol. The van der Waals surface area contributed by atoms with Gasteiger partial charge in [0.15, 0.2) is 0 Å². The molecule has 1 aromatic rings. The third kappa shape index (κ3) is 4.20. The summed E-state index contributed by atoms with van der Waals surface area (Å²) in [5.41, 5.74) is 0.107. The molecule has 2 fully saturated rings. The number of aromatic nitrogens is 1. The fourth-order valence-electron chi connectivity index (χ4n) is 3.58. The van der Waals surface area contributed by atoms with E-state index in [1.807, 2.05) is 11.8 Å². The highest BCUT2D eigenvalue weighted by molar-refractivity contribution is 5.73. The van der Waals surface area contributed by atoms with Crippen molar-refractivity contribution in [2.75, 3.05) is 49.2 Å². The third-order valence-electron chi connectivity index (χ3n) is 5.03. The van der Waals surface area contributed by atoms with E-state index >= 15 is 0 Å². The number of nitrogens with one attached hydrogen (secondary N) is 1. The van der Waals surface area contributed by atoms with Crippen molar-refractivity contribution in [3.63, 3.8) is 0 Å². The smallest absolute Gasteiger partial charge is 0.377 e. The largest absolute Gasteiger partial charge is 0.410 e. The lowest BCUT2D eigenvalue weighted by molar-refractivity contribution is -0.160. The summed E-state index contributed by atoms with van der Waals surface area (Å²) in [7, 11) is 0. The van der Waals surface area contributed by atoms with Crippen LogP contribution in [0.2, 0.25) is 0 Å². The Morgan fingerprint density at radius 1 is 1.22 bits per heavy atom. The summed E-state index contributed by atoms with van der Waals surface area (Å²) in [6, 6.07) is 1.11. The molecule has 2 atom stereocenters. The molecule has 3 rings (SSSR count). The first-order valence-corrected chi connectivity index (χ1v) is 8.84. The molecule has 1 N–H and O–H groups in total. The zero-order chi connectivity index (χ0) is 19.8. The molecule has 0 aliphatic carbocycles. The molecule has 150 valence electrons. The minimum atomic E-state index is -4.53. The minimum Gasteiger partial charge on any atom is -0.377 e. The van der Waals surface area contributed by atoms with Crippen LogP contribution in [0, 0.1) is 0 Å². The van der Waals surface area contributed by atoms with Gasteiger partial charge in [-0.15, -0.1) is 0 Å². The number of morpholine rings is 1. The van der Waals surface area contributed by atoms with E-state index < -0.39 is 30.2 Å². The maximum absolute atomic E-state index is 13.6. The number of piperazine rings is 1. The molecule has 0 aromatic carbocycles. The Kier molecular flexibility index (Phi) is 5.36. The fourth-order valence-corrected chi connectivity index (χ4v) is 3.58. The Bertz CT molecular complexity index is 752. The number of amides is 1. The van der Waals surface area contributed by atoms with Crippen molar-refractivity contribution in [2.24, 2.45) is 0 Å². The first-order valence-electron chi connectivity index (χ1n) is 8.84. The normalized spacial score (nSPS) is 24.3. The Labute approximate surface area is 154 Å². The van der Waals surface area contributed by atoms with Crippen LogP contribution in [-0.2, 0) is 9.53 Å². The van der Waals surface area contributed by atoms with Crippen molar-refractivity contribution in [3.05, 3.63) is 22.5 Å². The van der Waals surface area contributed by atoms with Crippen LogP contribution in [0.3, 0.4) is 0 Å². The van der Waals surface area contributed by atoms with Gasteiger partial charge in [0.05, 0.1) is 13.2 Å². The number of carbonyl (C=O) groups excluding carboxylic acids is 1. The third-order valence-corrected chi connectivity index (χ3v) is 5.03. The zero-order valence-corrected chi connectivity index (χ0v) is 15.3. The number of anilines is 2. The molecule has 2 saturated heterocycles. The number of rotatable bonds is 2. The van der Waals surface area contributed by atoms with Crippen molar-refractivity contribution < 1.29 is 22.7 Å². The number of hydrogen-bond donors (Lipinski definition) is 1. The number of H-pyrrole nitrogens is 1. The number of ether oxygens (including phenoxy) is 1. The van der Waals surface area contributed by atoms with Crippen LogP contribution >= 0.6 is 0 Å². The summed E-state index contributed by atoms with van der Waals surface area (Å²) in [6.45, 7) is 4.43. The van der Waals surface area contributed by atoms with Crippen LogP contribution in [-0.4, -0.2) is 73.4 Å². The molecule has 3 heterocycles. The van der Waals surface area contributed by atoms with E-state index in [0.29, 0.717) is 25.4 Å². The Balaban J connectivity index is 1.94. The predicted octanol–water partition coefficient (Wildman–Crippen LogP) is 1.20. The maximum Gasteiger partial charge on any atom is 0.410 e. The summed E-state index contributed by atoms with van der Waals surface area (Å²) in [5, 5.41) is 0. The number of pyridine rings is 1. The molecule has 1 unspecified atom stereocenters. The minimum absolute atomic E-state index is 0.0121. The van der Waals surface area contributed by atoms with Gasteiger partial charge in [-0.2, -0.15) is 13.2 Å². The molecule has 7 nitrogen and oxygen atoms in total. The van der Waals surface area contributed by atoms with Gasteiger partial charge < -0.3 is 24.4 Å². The van der Waals surface area contributed by atoms with E-state index in [4.69, 9.17) is 4.74 Å². The van der Waals surface area contributed by atoms with Gasteiger partial charge in [0.2, 0.25) is 5.91 Å². The van der Waals surface area contributed by atoms with Crippen molar-refractivity contribution in [1.82, 2.24) is 9.88 Å². The van der Waals surface area contributed by atoms with Crippen molar-refractivity contribution >= 4 is 17.4 Å². The molecule has 0 bridgehead atoms. The quantitative estimate of drug-likeness (QED) is 0.825. The second-order valence-electron chi connectivity index (χ2n) is 6.92. The van der Waals surface area contributed by atoms with E-state index in [1.54, 1.807) is 6.07 Å². The van der Waals surface area contributed by atoms with E-state index in [9.17, 15) is 22.8 Å². The van der Waals surface area contributed by atoms with Crippen LogP contribution in [0.15, 0.2) is 16.9 Å². The summed E-state index contributed by atoms with van der Waals surface area (Å²) in [5.74, 6) is -0.282. The van der Waals surface area contributed by atoms with Gasteiger partial charge in [0.25, 0.3) is 5.56 Å². The van der Waals surface area contributed by atoms with Crippen molar-refractivity contribution in [1.29, 1.82) is 0 Å². The molecule has 2 aliphatic heterocycles. The van der Waals surface area contributed by atoms with Crippen LogP contribution < -0.4 is 15.4 Å². The first-order chi connectivity index (χ1) is 12.7. The molecule has 1 aromatic heterocycles. The number of nitrogens with zero attached hydrogens (tertiary/aromatic N) is 3. The molecule has 0 spiro atoms. The van der Waals surface area contributed by atoms with Gasteiger partial charge >= 0.3 is 6.18 Å². The van der Waals surface area contributed by atoms with E-state index in [0.717, 1.165) is 4.90 Å². The lowest BCUT2D eigenvalue weighted by atomic mass is 10.1. The number of halogens is 3. The van der Waals surface area contributed by atoms with Crippen LogP contribution in [0.4, 0.5) is 24.7 Å². The van der Waals surface area contributed by atoms with Gasteiger partial charge in [0.1, 0.15) is 11.9 Å². The standard InChI is InChI=1S/C17H23F3N4O3/c1-11-10-27-6-5-23(11)13-7-15(21-16(26)8-13)24-4-3-22(12(2)25)9-14(24)17(18,19)20/h7-8,11,14H,3-6,9-10H2,1-2H3,(H,21,26)/t11-,14?/m1/s1. The highest BCUT2D eigenvalue weighted by Crippen LogP contribution is 2.32. The molecule has 27 heavy (non-hydrogen) atoms. The maximum atomic E-state index is 13.6. The lowest BCUT2D eigenvalue weighted by Crippen LogP contribution is -2.60. The highest BCUT2D eigenvalue weighted by Gasteiger charge is 2.47. The second-order valence-corrected chi connectivity index (χ2v) is 6.92. The number of hydrogen-bond acceptors (Lipinski definition) is 5. The Morgan fingerprint density at radius 2 is 1.96 bits per heavy atom. The first kappa shape index (κ1) is 19.5. The van der Waals surface area contributed by atoms with Crippen molar-refractivity contribution in [2.45, 2.75) is 32.1 Å². The fraction of sp³-hybridized carbons (Fsp3) is 0.647. The Hall–Kier alpha value is -2.23. The van der Waals surface area contributed by atoms with Crippen molar-refractivity contribution in [3.8, 4) is 0 Å². The molecule has 0 radical (unpaired) electrons. The molecular formula is C17H23F3N4O3. The zero-order valence-electron chi connectivity index (χ0n) is 15.3. The summed E-state index contributed by atoms with van der Waals surface area (Å²) >= 11 is 0. The predicted molar refractivity (Wildman–Crippen MR) is 94.1 cm³/mol. The Morgan fingerprint density at radius 3 is 2.59 bits per heavy atom. The highest BCUT2D eigenvalue weighted by atomic mass is 19.4. The van der Waals surface area contributed by atoms with Gasteiger partial charge in [-0.3, -0.25) is 9.59 Å². The monoisotopic (exact) mass is 388 g/mol. The van der Waals surface area contributed by atoms with Crippen LogP contribution in [0.25, 0.3) is 0 Å². The molecule has 0 saturated carbocycles. The van der Waals surface area contributed by atoms with E-state index in [1.165, 1.54) is 17.9 Å². The molecule has 2 aliphatic rings.